The molecule has 21 heavy (non-hydrogen) atoms. The summed E-state index contributed by atoms with van der Waals surface area (Å²) < 4.78 is 39.1. The molecule has 0 aromatic heterocycles. The van der Waals surface area contributed by atoms with Crippen LogP contribution >= 0.6 is 0 Å². The number of carboxylic acid groups (broad SMARTS) is 1. The Balaban J connectivity index is 0. The Morgan fingerprint density at radius 3 is 2.19 bits per heavy atom. The summed E-state index contributed by atoms with van der Waals surface area (Å²) in [6, 6.07) is 5.62. The molecule has 0 aliphatic heterocycles. The number of aliphatic imine (C=N–C) groups is 1. The van der Waals surface area contributed by atoms with Crippen molar-refractivity contribution in [3.8, 4) is 0 Å². The molecule has 0 saturated carbocycles. The maximum absolute atomic E-state index is 13.0. The smallest absolute Gasteiger partial charge is 1.00 e. The first kappa shape index (κ1) is 20.8. The maximum Gasteiger partial charge on any atom is 1.00 e. The molecule has 1 atom stereocenters. The number of hydrogen-bond donors (Lipinski definition) is 1. The molecule has 0 heterocycles. The molecule has 0 unspecified atom stereocenters. The third-order valence-electron chi connectivity index (χ3n) is 2.58. The third-order valence-corrected chi connectivity index (χ3v) is 2.58. The summed E-state index contributed by atoms with van der Waals surface area (Å²) in [5.74, 6) is -1.42. The Labute approximate surface area is 165 Å². The number of halogens is 3. The van der Waals surface area contributed by atoms with Gasteiger partial charge in [0.1, 0.15) is 11.8 Å². The van der Waals surface area contributed by atoms with Crippen LogP contribution in [0.3, 0.4) is 0 Å². The molecule has 0 amide bonds. The number of rotatable bonds is 5. The third kappa shape index (κ3) is 7.06. The van der Waals surface area contributed by atoms with Crippen molar-refractivity contribution >= 4 is 11.7 Å². The topological polar surface area (TPSA) is 49.7 Å². The van der Waals surface area contributed by atoms with Crippen LogP contribution in [0.5, 0.6) is 0 Å². The first-order valence-corrected chi connectivity index (χ1v) is 6.15. The normalized spacial score (nSPS) is 13.7. The van der Waals surface area contributed by atoms with Crippen LogP contribution in [0.2, 0.25) is 0 Å². The van der Waals surface area contributed by atoms with Crippen molar-refractivity contribution in [1.82, 2.24) is 0 Å². The van der Waals surface area contributed by atoms with Gasteiger partial charge in [-0.1, -0.05) is 44.2 Å². The quantitative estimate of drug-likeness (QED) is 0.638. The number of carbonyl (C=O) groups is 1. The van der Waals surface area contributed by atoms with Gasteiger partial charge in [0.2, 0.25) is 0 Å². The van der Waals surface area contributed by atoms with E-state index >= 15 is 0 Å². The van der Waals surface area contributed by atoms with Crippen LogP contribution in [-0.4, -0.2) is 29.0 Å². The van der Waals surface area contributed by atoms with E-state index in [1.807, 2.05) is 0 Å². The Kier molecular flexibility index (Phi) is 8.95. The minimum Gasteiger partial charge on any atom is -1.00 e. The summed E-state index contributed by atoms with van der Waals surface area (Å²) in [4.78, 5) is 14.5. The molecule has 1 N–H and O–H groups in total. The zero-order valence-corrected chi connectivity index (χ0v) is 15.3. The van der Waals surface area contributed by atoms with Crippen LogP contribution in [0.25, 0.3) is 0 Å². The zero-order chi connectivity index (χ0) is 15.3. The molecule has 3 nitrogen and oxygen atoms in total. The van der Waals surface area contributed by atoms with E-state index in [0.717, 1.165) is 0 Å². The van der Waals surface area contributed by atoms with E-state index in [4.69, 9.17) is 5.11 Å². The van der Waals surface area contributed by atoms with Crippen LogP contribution in [0, 0.1) is 5.92 Å². The van der Waals surface area contributed by atoms with E-state index in [2.05, 4.69) is 4.99 Å². The van der Waals surface area contributed by atoms with Gasteiger partial charge in [-0.2, -0.15) is 13.2 Å². The van der Waals surface area contributed by atoms with Crippen LogP contribution in [0.1, 0.15) is 27.3 Å². The van der Waals surface area contributed by atoms with Crippen molar-refractivity contribution in [3.05, 3.63) is 35.9 Å². The monoisotopic (exact) mass is 327 g/mol. The van der Waals surface area contributed by atoms with Crippen molar-refractivity contribution in [3.63, 3.8) is 0 Å². The van der Waals surface area contributed by atoms with Crippen LogP contribution < -0.4 is 51.4 Å². The fourth-order valence-electron chi connectivity index (χ4n) is 1.72. The number of aliphatic carboxylic acids is 1. The minimum atomic E-state index is -4.69. The molecule has 0 radical (unpaired) electrons. The van der Waals surface area contributed by atoms with Gasteiger partial charge in [-0.05, 0) is 12.3 Å². The van der Waals surface area contributed by atoms with Crippen molar-refractivity contribution in [2.75, 3.05) is 0 Å². The van der Waals surface area contributed by atoms with E-state index in [9.17, 15) is 18.0 Å². The van der Waals surface area contributed by atoms with Gasteiger partial charge >= 0.3 is 63.5 Å². The van der Waals surface area contributed by atoms with Gasteiger partial charge in [0.05, 0.1) is 0 Å². The fraction of sp³-hybridized carbons (Fsp3) is 0.429. The molecule has 1 rings (SSSR count). The molecule has 0 spiro atoms. The Morgan fingerprint density at radius 1 is 1.29 bits per heavy atom. The van der Waals surface area contributed by atoms with Gasteiger partial charge in [0.15, 0.2) is 0 Å². The van der Waals surface area contributed by atoms with Crippen molar-refractivity contribution < 1.29 is 75.9 Å². The van der Waals surface area contributed by atoms with Crippen molar-refractivity contribution in [2.45, 2.75) is 32.5 Å². The second kappa shape index (κ2) is 9.04. The largest absolute Gasteiger partial charge is 1.00 e. The molecular weight excluding hydrogens is 310 g/mol. The summed E-state index contributed by atoms with van der Waals surface area (Å²) in [6.45, 7) is 3.47. The van der Waals surface area contributed by atoms with Crippen molar-refractivity contribution in [1.29, 1.82) is 0 Å². The molecule has 0 aliphatic carbocycles. The number of carboxylic acids is 1. The van der Waals surface area contributed by atoms with E-state index < -0.39 is 23.9 Å². The van der Waals surface area contributed by atoms with E-state index in [1.165, 1.54) is 24.3 Å². The average molecular weight is 327 g/mol. The predicted molar refractivity (Wildman–Crippen MR) is 71.0 cm³/mol. The van der Waals surface area contributed by atoms with Crippen LogP contribution in [0.15, 0.2) is 35.3 Å². The van der Waals surface area contributed by atoms with E-state index in [-0.39, 0.29) is 70.7 Å². The summed E-state index contributed by atoms with van der Waals surface area (Å²) in [6.07, 6.45) is -4.63. The minimum absolute atomic E-state index is 0. The number of hydrogen-bond acceptors (Lipinski definition) is 2. The first-order chi connectivity index (χ1) is 9.21. The van der Waals surface area contributed by atoms with Gasteiger partial charge < -0.3 is 6.53 Å². The summed E-state index contributed by atoms with van der Waals surface area (Å²) in [7, 11) is 0. The molecule has 112 valence electrons. The van der Waals surface area contributed by atoms with Gasteiger partial charge in [0, 0.05) is 5.56 Å². The SMILES string of the molecule is CC(C)C[C@H](N=C(c1ccccc1)C(F)(F)F)C(=O)O.[H-].[K+]. The maximum atomic E-state index is 13.0. The summed E-state index contributed by atoms with van der Waals surface area (Å²) in [5, 5.41) is 9.01. The number of alkyl halides is 3. The zero-order valence-electron chi connectivity index (χ0n) is 13.2. The summed E-state index contributed by atoms with van der Waals surface area (Å²) in [5.41, 5.74) is -1.28. The van der Waals surface area contributed by atoms with Gasteiger partial charge in [-0.3, -0.25) is 4.99 Å². The van der Waals surface area contributed by atoms with Gasteiger partial charge in [0.25, 0.3) is 0 Å². The molecule has 0 bridgehead atoms. The standard InChI is InChI=1S/C14H16F3NO2.K.H/c1-9(2)8-11(13(19)20)18-12(14(15,16)17)10-6-4-3-5-7-10;;/h3-7,9,11H,8H2,1-2H3,(H,19,20);;/q;+1;-1/t11-;;/m0../s1. The Morgan fingerprint density at radius 2 is 1.81 bits per heavy atom. The number of nitrogens with zero attached hydrogens (tertiary/aromatic N) is 1. The molecule has 0 fully saturated rings. The summed E-state index contributed by atoms with van der Waals surface area (Å²) >= 11 is 0. The van der Waals surface area contributed by atoms with Crippen LogP contribution in [-0.2, 0) is 4.79 Å². The first-order valence-electron chi connectivity index (χ1n) is 6.15. The molecule has 0 saturated heterocycles. The molecule has 1 aromatic rings. The fourth-order valence-corrected chi connectivity index (χ4v) is 1.72. The molecular formula is C14H17F3KNO2. The average Bonchev–Trinajstić information content (AvgIpc) is 2.33. The van der Waals surface area contributed by atoms with E-state index in [0.29, 0.717) is 0 Å². The van der Waals surface area contributed by atoms with E-state index in [1.54, 1.807) is 19.9 Å². The number of benzene rings is 1. The predicted octanol–water partition coefficient (Wildman–Crippen LogP) is 0.654. The second-order valence-electron chi connectivity index (χ2n) is 4.83. The Hall–Kier alpha value is -0.214. The Bertz CT molecular complexity index is 493. The molecule has 7 heteroatoms. The van der Waals surface area contributed by atoms with Crippen molar-refractivity contribution in [2.24, 2.45) is 10.9 Å². The second-order valence-corrected chi connectivity index (χ2v) is 4.83. The molecule has 1 aromatic carbocycles. The van der Waals surface area contributed by atoms with Gasteiger partial charge in [-0.15, -0.1) is 0 Å². The molecule has 0 aliphatic rings. The van der Waals surface area contributed by atoms with Crippen LogP contribution in [0.4, 0.5) is 13.2 Å². The van der Waals surface area contributed by atoms with Gasteiger partial charge in [-0.25, -0.2) is 4.79 Å².